The standard InChI is InChI=1S/C14H20N2O/c1-3-11-7-8-12-13(10-11)16-14(15-12)6-5-9-17-4-2/h7-8,10H,3-6,9H2,1-2H3,(H,15,16). The highest BCUT2D eigenvalue weighted by Crippen LogP contribution is 2.14. The molecule has 0 fully saturated rings. The normalized spacial score (nSPS) is 11.2. The van der Waals surface area contributed by atoms with Crippen LogP contribution in [0.2, 0.25) is 0 Å². The smallest absolute Gasteiger partial charge is 0.107 e. The van der Waals surface area contributed by atoms with Crippen molar-refractivity contribution in [2.24, 2.45) is 0 Å². The van der Waals surface area contributed by atoms with Gasteiger partial charge >= 0.3 is 0 Å². The van der Waals surface area contributed by atoms with Gasteiger partial charge in [0.05, 0.1) is 11.0 Å². The van der Waals surface area contributed by atoms with Gasteiger partial charge in [0.2, 0.25) is 0 Å². The van der Waals surface area contributed by atoms with Crippen LogP contribution in [0.1, 0.15) is 31.7 Å². The Morgan fingerprint density at radius 1 is 1.29 bits per heavy atom. The molecule has 1 heterocycles. The van der Waals surface area contributed by atoms with E-state index in [0.29, 0.717) is 0 Å². The van der Waals surface area contributed by atoms with Gasteiger partial charge in [-0.25, -0.2) is 4.98 Å². The second-order valence-corrected chi connectivity index (χ2v) is 4.19. The Labute approximate surface area is 102 Å². The van der Waals surface area contributed by atoms with Crippen molar-refractivity contribution in [3.63, 3.8) is 0 Å². The lowest BCUT2D eigenvalue weighted by molar-refractivity contribution is 0.145. The Bertz CT molecular complexity index is 476. The first-order valence-corrected chi connectivity index (χ1v) is 6.38. The van der Waals surface area contributed by atoms with Crippen LogP contribution in [0.5, 0.6) is 0 Å². The maximum atomic E-state index is 5.32. The number of H-pyrrole nitrogens is 1. The number of ether oxygens (including phenoxy) is 1. The first-order chi connectivity index (χ1) is 8.33. The van der Waals surface area contributed by atoms with Gasteiger partial charge in [-0.1, -0.05) is 13.0 Å². The molecule has 1 aromatic carbocycles. The Balaban J connectivity index is 2.04. The molecule has 2 aromatic rings. The summed E-state index contributed by atoms with van der Waals surface area (Å²) >= 11 is 0. The molecular weight excluding hydrogens is 212 g/mol. The molecule has 0 aliphatic rings. The highest BCUT2D eigenvalue weighted by molar-refractivity contribution is 5.75. The monoisotopic (exact) mass is 232 g/mol. The summed E-state index contributed by atoms with van der Waals surface area (Å²) in [5.74, 6) is 1.06. The van der Waals surface area contributed by atoms with Crippen LogP contribution < -0.4 is 0 Å². The number of aromatic amines is 1. The second-order valence-electron chi connectivity index (χ2n) is 4.19. The lowest BCUT2D eigenvalue weighted by Crippen LogP contribution is -1.96. The number of aryl methyl sites for hydroxylation is 2. The van der Waals surface area contributed by atoms with Crippen LogP contribution in [-0.4, -0.2) is 23.2 Å². The summed E-state index contributed by atoms with van der Waals surface area (Å²) in [5, 5.41) is 0. The average Bonchev–Trinajstić information content (AvgIpc) is 2.76. The first kappa shape index (κ1) is 12.1. The Morgan fingerprint density at radius 3 is 2.94 bits per heavy atom. The third kappa shape index (κ3) is 3.07. The Morgan fingerprint density at radius 2 is 2.18 bits per heavy atom. The molecule has 3 nitrogen and oxygen atoms in total. The zero-order valence-electron chi connectivity index (χ0n) is 10.6. The van der Waals surface area contributed by atoms with Crippen molar-refractivity contribution in [1.29, 1.82) is 0 Å². The average molecular weight is 232 g/mol. The van der Waals surface area contributed by atoms with E-state index < -0.39 is 0 Å². The van der Waals surface area contributed by atoms with Crippen LogP contribution in [0.15, 0.2) is 18.2 Å². The zero-order valence-corrected chi connectivity index (χ0v) is 10.6. The van der Waals surface area contributed by atoms with Crippen LogP contribution >= 0.6 is 0 Å². The molecule has 1 N–H and O–H groups in total. The van der Waals surface area contributed by atoms with Gasteiger partial charge in [0.1, 0.15) is 5.82 Å². The van der Waals surface area contributed by atoms with Crippen molar-refractivity contribution in [3.8, 4) is 0 Å². The van der Waals surface area contributed by atoms with Gasteiger partial charge in [-0.05, 0) is 37.5 Å². The second kappa shape index (κ2) is 5.82. The van der Waals surface area contributed by atoms with Crippen molar-refractivity contribution in [2.75, 3.05) is 13.2 Å². The van der Waals surface area contributed by atoms with E-state index in [9.17, 15) is 0 Å². The minimum absolute atomic E-state index is 0.792. The number of rotatable bonds is 6. The van der Waals surface area contributed by atoms with Gasteiger partial charge in [-0.2, -0.15) is 0 Å². The van der Waals surface area contributed by atoms with Crippen LogP contribution in [0.3, 0.4) is 0 Å². The number of hydrogen-bond donors (Lipinski definition) is 1. The summed E-state index contributed by atoms with van der Waals surface area (Å²) in [4.78, 5) is 7.96. The fourth-order valence-corrected chi connectivity index (χ4v) is 1.93. The van der Waals surface area contributed by atoms with E-state index in [-0.39, 0.29) is 0 Å². The molecule has 3 heteroatoms. The van der Waals surface area contributed by atoms with Gasteiger partial charge < -0.3 is 9.72 Å². The lowest BCUT2D eigenvalue weighted by atomic mass is 10.1. The van der Waals surface area contributed by atoms with Crippen molar-refractivity contribution in [1.82, 2.24) is 9.97 Å². The topological polar surface area (TPSA) is 37.9 Å². The summed E-state index contributed by atoms with van der Waals surface area (Å²) in [6.45, 7) is 5.79. The third-order valence-corrected chi connectivity index (χ3v) is 2.91. The minimum Gasteiger partial charge on any atom is -0.382 e. The van der Waals surface area contributed by atoms with Crippen LogP contribution in [-0.2, 0) is 17.6 Å². The summed E-state index contributed by atoms with van der Waals surface area (Å²) in [5.41, 5.74) is 3.56. The van der Waals surface area contributed by atoms with Gasteiger partial charge in [-0.3, -0.25) is 0 Å². The molecule has 0 saturated carbocycles. The Hall–Kier alpha value is -1.35. The van der Waals surface area contributed by atoms with Gasteiger partial charge in [0, 0.05) is 19.6 Å². The van der Waals surface area contributed by atoms with E-state index in [4.69, 9.17) is 4.74 Å². The number of benzene rings is 1. The number of nitrogens with one attached hydrogen (secondary N) is 1. The van der Waals surface area contributed by atoms with Crippen molar-refractivity contribution in [3.05, 3.63) is 29.6 Å². The molecule has 0 aliphatic heterocycles. The molecule has 17 heavy (non-hydrogen) atoms. The summed E-state index contributed by atoms with van der Waals surface area (Å²) in [7, 11) is 0. The molecule has 0 aliphatic carbocycles. The van der Waals surface area contributed by atoms with Crippen molar-refractivity contribution < 1.29 is 4.74 Å². The van der Waals surface area contributed by atoms with E-state index in [1.54, 1.807) is 0 Å². The molecule has 0 atom stereocenters. The van der Waals surface area contributed by atoms with E-state index in [0.717, 1.165) is 49.3 Å². The highest BCUT2D eigenvalue weighted by atomic mass is 16.5. The van der Waals surface area contributed by atoms with E-state index >= 15 is 0 Å². The molecule has 0 unspecified atom stereocenters. The Kier molecular flexibility index (Phi) is 4.15. The molecule has 0 radical (unpaired) electrons. The highest BCUT2D eigenvalue weighted by Gasteiger charge is 2.03. The summed E-state index contributed by atoms with van der Waals surface area (Å²) in [6, 6.07) is 6.43. The SMILES string of the molecule is CCOCCCc1nc2ccc(CC)cc2[nH]1. The third-order valence-electron chi connectivity index (χ3n) is 2.91. The molecule has 0 amide bonds. The van der Waals surface area contributed by atoms with Crippen LogP contribution in [0, 0.1) is 0 Å². The predicted octanol–water partition coefficient (Wildman–Crippen LogP) is 3.09. The predicted molar refractivity (Wildman–Crippen MR) is 70.3 cm³/mol. The number of aromatic nitrogens is 2. The molecule has 0 saturated heterocycles. The van der Waals surface area contributed by atoms with Gasteiger partial charge in [0.15, 0.2) is 0 Å². The maximum Gasteiger partial charge on any atom is 0.107 e. The number of imidazole rings is 1. The fraction of sp³-hybridized carbons (Fsp3) is 0.500. The molecule has 2 rings (SSSR count). The van der Waals surface area contributed by atoms with Gasteiger partial charge in [0.25, 0.3) is 0 Å². The molecule has 0 bridgehead atoms. The maximum absolute atomic E-state index is 5.32. The quantitative estimate of drug-likeness (QED) is 0.777. The van der Waals surface area contributed by atoms with E-state index in [2.05, 4.69) is 35.1 Å². The number of fused-ring (bicyclic) bond motifs is 1. The van der Waals surface area contributed by atoms with Crippen molar-refractivity contribution in [2.45, 2.75) is 33.1 Å². The number of hydrogen-bond acceptors (Lipinski definition) is 2. The van der Waals surface area contributed by atoms with Crippen molar-refractivity contribution >= 4 is 11.0 Å². The van der Waals surface area contributed by atoms with Crippen LogP contribution in [0.25, 0.3) is 11.0 Å². The fourth-order valence-electron chi connectivity index (χ4n) is 1.93. The van der Waals surface area contributed by atoms with Crippen LogP contribution in [0.4, 0.5) is 0 Å². The summed E-state index contributed by atoms with van der Waals surface area (Å²) < 4.78 is 5.32. The molecular formula is C14H20N2O. The molecule has 92 valence electrons. The number of nitrogens with zero attached hydrogens (tertiary/aromatic N) is 1. The zero-order chi connectivity index (χ0) is 12.1. The molecule has 0 spiro atoms. The molecule has 1 aromatic heterocycles. The summed E-state index contributed by atoms with van der Waals surface area (Å²) in [6.07, 6.45) is 3.04. The largest absolute Gasteiger partial charge is 0.382 e. The van der Waals surface area contributed by atoms with E-state index in [1.807, 2.05) is 6.92 Å². The van der Waals surface area contributed by atoms with E-state index in [1.165, 1.54) is 5.56 Å². The first-order valence-electron chi connectivity index (χ1n) is 6.38. The lowest BCUT2D eigenvalue weighted by Gasteiger charge is -1.98. The minimum atomic E-state index is 0.792. The van der Waals surface area contributed by atoms with Gasteiger partial charge in [-0.15, -0.1) is 0 Å².